The first-order valence-electron chi connectivity index (χ1n) is 5.77. The summed E-state index contributed by atoms with van der Waals surface area (Å²) in [7, 11) is 0. The van der Waals surface area contributed by atoms with Crippen LogP contribution in [0.15, 0.2) is 36.5 Å². The second-order valence-corrected chi connectivity index (χ2v) is 4.12. The van der Waals surface area contributed by atoms with E-state index in [1.165, 1.54) is 0 Å². The summed E-state index contributed by atoms with van der Waals surface area (Å²) in [6.07, 6.45) is 1.61. The number of aryl methyl sites for hydroxylation is 1. The number of carbonyl (C=O) groups is 1. The number of fused-ring (bicyclic) bond motifs is 1. The molecule has 0 saturated heterocycles. The lowest BCUT2D eigenvalue weighted by Gasteiger charge is -2.03. The zero-order valence-corrected chi connectivity index (χ0v) is 10.2. The van der Waals surface area contributed by atoms with Crippen molar-refractivity contribution < 1.29 is 4.79 Å². The van der Waals surface area contributed by atoms with Crippen LogP contribution in [0.5, 0.6) is 0 Å². The Kier molecular flexibility index (Phi) is 2.68. The van der Waals surface area contributed by atoms with Gasteiger partial charge in [-0.05, 0) is 19.1 Å². The molecule has 6 nitrogen and oxygen atoms in total. The Morgan fingerprint density at radius 1 is 1.32 bits per heavy atom. The van der Waals surface area contributed by atoms with E-state index < -0.39 is 0 Å². The van der Waals surface area contributed by atoms with Crippen LogP contribution in [0.2, 0.25) is 0 Å². The second-order valence-electron chi connectivity index (χ2n) is 4.12. The minimum atomic E-state index is -0.360. The molecule has 2 N–H and O–H groups in total. The van der Waals surface area contributed by atoms with Gasteiger partial charge in [0.25, 0.3) is 5.91 Å². The molecule has 0 unspecified atom stereocenters. The standard InChI is InChI=1S/C13H11N5O/c1-8-15-12(18-17-8)13(19)16-10-6-9-4-2-3-5-11(9)14-7-10/h2-7H,1H3,(H,16,19)(H,15,17,18). The van der Waals surface area contributed by atoms with E-state index in [1.807, 2.05) is 30.3 Å². The van der Waals surface area contributed by atoms with E-state index in [1.54, 1.807) is 13.1 Å². The fourth-order valence-electron chi connectivity index (χ4n) is 1.77. The quantitative estimate of drug-likeness (QED) is 0.730. The number of rotatable bonds is 2. The van der Waals surface area contributed by atoms with Crippen LogP contribution >= 0.6 is 0 Å². The normalized spacial score (nSPS) is 10.6. The van der Waals surface area contributed by atoms with Crippen molar-refractivity contribution in [3.8, 4) is 0 Å². The maximum atomic E-state index is 11.9. The molecule has 0 radical (unpaired) electrons. The predicted octanol–water partition coefficient (Wildman–Crippen LogP) is 1.91. The molecule has 0 aliphatic heterocycles. The van der Waals surface area contributed by atoms with E-state index in [2.05, 4.69) is 25.5 Å². The van der Waals surface area contributed by atoms with Crippen molar-refractivity contribution >= 4 is 22.5 Å². The van der Waals surface area contributed by atoms with Crippen LogP contribution in [0, 0.1) is 6.92 Å². The molecular formula is C13H11N5O. The van der Waals surface area contributed by atoms with Crippen LogP contribution in [0.4, 0.5) is 5.69 Å². The average Bonchev–Trinajstić information content (AvgIpc) is 2.85. The van der Waals surface area contributed by atoms with Gasteiger partial charge >= 0.3 is 0 Å². The zero-order chi connectivity index (χ0) is 13.2. The van der Waals surface area contributed by atoms with E-state index in [0.29, 0.717) is 11.5 Å². The van der Waals surface area contributed by atoms with Crippen molar-refractivity contribution in [2.75, 3.05) is 5.32 Å². The highest BCUT2D eigenvalue weighted by molar-refractivity contribution is 6.02. The third-order valence-corrected chi connectivity index (χ3v) is 2.65. The molecule has 2 aromatic heterocycles. The third kappa shape index (κ3) is 2.28. The van der Waals surface area contributed by atoms with E-state index in [4.69, 9.17) is 0 Å². The number of aromatic amines is 1. The van der Waals surface area contributed by atoms with Crippen LogP contribution in [0.25, 0.3) is 10.9 Å². The first kappa shape index (κ1) is 11.3. The predicted molar refractivity (Wildman–Crippen MR) is 70.8 cm³/mol. The number of aromatic nitrogens is 4. The highest BCUT2D eigenvalue weighted by atomic mass is 16.2. The van der Waals surface area contributed by atoms with Crippen molar-refractivity contribution in [1.29, 1.82) is 0 Å². The van der Waals surface area contributed by atoms with Crippen molar-refractivity contribution in [2.45, 2.75) is 6.92 Å². The summed E-state index contributed by atoms with van der Waals surface area (Å²) in [4.78, 5) is 20.1. The van der Waals surface area contributed by atoms with E-state index >= 15 is 0 Å². The molecule has 1 aromatic carbocycles. The second kappa shape index (κ2) is 4.49. The fourth-order valence-corrected chi connectivity index (χ4v) is 1.77. The molecule has 0 aliphatic carbocycles. The molecule has 0 spiro atoms. The van der Waals surface area contributed by atoms with Gasteiger partial charge in [-0.3, -0.25) is 14.9 Å². The highest BCUT2D eigenvalue weighted by Gasteiger charge is 2.11. The number of para-hydroxylation sites is 1. The van der Waals surface area contributed by atoms with Gasteiger partial charge in [-0.1, -0.05) is 18.2 Å². The van der Waals surface area contributed by atoms with Crippen molar-refractivity contribution in [2.24, 2.45) is 0 Å². The molecule has 2 heterocycles. The molecule has 0 fully saturated rings. The van der Waals surface area contributed by atoms with Crippen LogP contribution in [0.3, 0.4) is 0 Å². The molecule has 94 valence electrons. The molecule has 0 bridgehead atoms. The SMILES string of the molecule is Cc1nc(C(=O)Nc2cnc3ccccc3c2)n[nH]1. The maximum Gasteiger partial charge on any atom is 0.295 e. The number of carbonyl (C=O) groups excluding carboxylic acids is 1. The first-order chi connectivity index (χ1) is 9.22. The number of hydrogen-bond donors (Lipinski definition) is 2. The number of hydrogen-bond acceptors (Lipinski definition) is 4. The van der Waals surface area contributed by atoms with Crippen molar-refractivity contribution in [3.63, 3.8) is 0 Å². The molecule has 3 aromatic rings. The monoisotopic (exact) mass is 253 g/mol. The Morgan fingerprint density at radius 2 is 2.16 bits per heavy atom. The molecule has 1 amide bonds. The number of amides is 1. The minimum absolute atomic E-state index is 0.116. The van der Waals surface area contributed by atoms with Crippen molar-refractivity contribution in [3.05, 3.63) is 48.2 Å². The molecule has 6 heteroatoms. The van der Waals surface area contributed by atoms with Gasteiger partial charge in [-0.2, -0.15) is 0 Å². The van der Waals surface area contributed by atoms with Crippen molar-refractivity contribution in [1.82, 2.24) is 20.2 Å². The number of benzene rings is 1. The third-order valence-electron chi connectivity index (χ3n) is 2.65. The van der Waals surface area contributed by atoms with Crippen LogP contribution in [-0.2, 0) is 0 Å². The Bertz CT molecular complexity index is 749. The number of nitrogens with zero attached hydrogens (tertiary/aromatic N) is 3. The first-order valence-corrected chi connectivity index (χ1v) is 5.77. The van der Waals surface area contributed by atoms with Gasteiger partial charge in [-0.15, -0.1) is 5.10 Å². The summed E-state index contributed by atoms with van der Waals surface area (Å²) in [6, 6.07) is 9.56. The molecular weight excluding hydrogens is 242 g/mol. The largest absolute Gasteiger partial charge is 0.318 e. The Hall–Kier alpha value is -2.76. The summed E-state index contributed by atoms with van der Waals surface area (Å²) >= 11 is 0. The van der Waals surface area contributed by atoms with Crippen LogP contribution in [0.1, 0.15) is 16.4 Å². The summed E-state index contributed by atoms with van der Waals surface area (Å²) < 4.78 is 0. The molecule has 0 saturated carbocycles. The van der Waals surface area contributed by atoms with Gasteiger partial charge in [0.05, 0.1) is 17.4 Å². The fraction of sp³-hybridized carbons (Fsp3) is 0.0769. The lowest BCUT2D eigenvalue weighted by molar-refractivity contribution is 0.101. The smallest absolute Gasteiger partial charge is 0.295 e. The minimum Gasteiger partial charge on any atom is -0.318 e. The lowest BCUT2D eigenvalue weighted by atomic mass is 10.2. The van der Waals surface area contributed by atoms with Gasteiger partial charge in [0, 0.05) is 5.39 Å². The average molecular weight is 253 g/mol. The maximum absolute atomic E-state index is 11.9. The molecule has 3 rings (SSSR count). The van der Waals surface area contributed by atoms with Crippen LogP contribution in [-0.4, -0.2) is 26.1 Å². The molecule has 19 heavy (non-hydrogen) atoms. The van der Waals surface area contributed by atoms with Crippen LogP contribution < -0.4 is 5.32 Å². The summed E-state index contributed by atoms with van der Waals surface area (Å²) in [5.74, 6) is 0.355. The number of nitrogens with one attached hydrogen (secondary N) is 2. The molecule has 0 aliphatic rings. The lowest BCUT2D eigenvalue weighted by Crippen LogP contribution is -2.13. The van der Waals surface area contributed by atoms with E-state index in [9.17, 15) is 4.79 Å². The van der Waals surface area contributed by atoms with Gasteiger partial charge in [0.2, 0.25) is 5.82 Å². The number of pyridine rings is 1. The molecule has 0 atom stereocenters. The highest BCUT2D eigenvalue weighted by Crippen LogP contribution is 2.16. The van der Waals surface area contributed by atoms with E-state index in [-0.39, 0.29) is 11.7 Å². The Morgan fingerprint density at radius 3 is 2.95 bits per heavy atom. The van der Waals surface area contributed by atoms with Gasteiger partial charge in [0.1, 0.15) is 5.82 Å². The van der Waals surface area contributed by atoms with E-state index in [0.717, 1.165) is 10.9 Å². The summed E-state index contributed by atoms with van der Waals surface area (Å²) in [6.45, 7) is 1.74. The van der Waals surface area contributed by atoms with Gasteiger partial charge < -0.3 is 5.32 Å². The number of anilines is 1. The Labute approximate surface area is 108 Å². The summed E-state index contributed by atoms with van der Waals surface area (Å²) in [5, 5.41) is 10.1. The topological polar surface area (TPSA) is 83.6 Å². The van der Waals surface area contributed by atoms with Gasteiger partial charge in [0.15, 0.2) is 0 Å². The summed E-state index contributed by atoms with van der Waals surface area (Å²) in [5.41, 5.74) is 1.50. The number of H-pyrrole nitrogens is 1. The van der Waals surface area contributed by atoms with Gasteiger partial charge in [-0.25, -0.2) is 4.98 Å². The Balaban J connectivity index is 1.87. The zero-order valence-electron chi connectivity index (χ0n) is 10.2.